The summed E-state index contributed by atoms with van der Waals surface area (Å²) in [5.41, 5.74) is 3.48. The first kappa shape index (κ1) is 24.4. The van der Waals surface area contributed by atoms with Crippen molar-refractivity contribution in [3.05, 3.63) is 96.3 Å². The molecule has 0 saturated carbocycles. The number of para-hydroxylation sites is 1. The summed E-state index contributed by atoms with van der Waals surface area (Å²) < 4.78 is 0. The van der Waals surface area contributed by atoms with Gasteiger partial charge in [-0.15, -0.1) is 0 Å². The van der Waals surface area contributed by atoms with Crippen LogP contribution in [0.1, 0.15) is 23.6 Å². The molecule has 2 amide bonds. The molecule has 0 bridgehead atoms. The minimum absolute atomic E-state index is 0.0450. The van der Waals surface area contributed by atoms with E-state index in [1.165, 1.54) is 11.3 Å². The third kappa shape index (κ3) is 7.13. The Bertz CT molecular complexity index is 1050. The molecule has 7 heteroatoms. The van der Waals surface area contributed by atoms with Gasteiger partial charge in [-0.05, 0) is 42.2 Å². The lowest BCUT2D eigenvalue weighted by Crippen LogP contribution is -2.51. The standard InChI is InChI=1S/C28H33N5O2/c34-27(30-16-7-11-23-9-3-1-4-10-23)28(35)31-22-26(24-12-8-15-29-21-24)33-19-17-32(18-20-33)25-13-5-2-6-14-25/h1-6,8-10,12-15,21,26H,7,11,16-20,22H2,(H,30,34)(H,31,35). The van der Waals surface area contributed by atoms with Crippen LogP contribution in [0.2, 0.25) is 0 Å². The fraction of sp³-hybridized carbons (Fsp3) is 0.321. The summed E-state index contributed by atoms with van der Waals surface area (Å²) in [6.45, 7) is 4.33. The van der Waals surface area contributed by atoms with Crippen molar-refractivity contribution in [2.45, 2.75) is 18.9 Å². The normalized spacial score (nSPS) is 14.8. The molecule has 1 fully saturated rings. The zero-order chi connectivity index (χ0) is 24.3. The number of carbonyl (C=O) groups excluding carboxylic acids is 2. The fourth-order valence-corrected chi connectivity index (χ4v) is 4.45. The molecule has 0 aliphatic carbocycles. The fourth-order valence-electron chi connectivity index (χ4n) is 4.45. The lowest BCUT2D eigenvalue weighted by molar-refractivity contribution is -0.139. The Labute approximate surface area is 207 Å². The maximum absolute atomic E-state index is 12.5. The second-order valence-corrected chi connectivity index (χ2v) is 8.72. The van der Waals surface area contributed by atoms with Gasteiger partial charge in [-0.25, -0.2) is 0 Å². The van der Waals surface area contributed by atoms with Gasteiger partial charge in [-0.2, -0.15) is 0 Å². The molecular weight excluding hydrogens is 438 g/mol. The Kier molecular flexibility index (Phi) is 8.84. The third-order valence-corrected chi connectivity index (χ3v) is 6.38. The number of aryl methyl sites for hydroxylation is 1. The van der Waals surface area contributed by atoms with Crippen LogP contribution in [0.15, 0.2) is 85.2 Å². The first-order chi connectivity index (χ1) is 17.2. The van der Waals surface area contributed by atoms with Crippen molar-refractivity contribution in [3.8, 4) is 0 Å². The van der Waals surface area contributed by atoms with Crippen molar-refractivity contribution in [1.82, 2.24) is 20.5 Å². The van der Waals surface area contributed by atoms with E-state index in [1.54, 1.807) is 6.20 Å². The summed E-state index contributed by atoms with van der Waals surface area (Å²) in [5, 5.41) is 5.58. The van der Waals surface area contributed by atoms with Crippen LogP contribution in [-0.4, -0.2) is 61.0 Å². The molecule has 1 atom stereocenters. The summed E-state index contributed by atoms with van der Waals surface area (Å²) in [7, 11) is 0. The van der Waals surface area contributed by atoms with Gasteiger partial charge in [0.1, 0.15) is 0 Å². The number of anilines is 1. The number of carbonyl (C=O) groups is 2. The van der Waals surface area contributed by atoms with Crippen LogP contribution < -0.4 is 15.5 Å². The van der Waals surface area contributed by atoms with Gasteiger partial charge in [0.25, 0.3) is 0 Å². The molecule has 0 spiro atoms. The second kappa shape index (κ2) is 12.7. The van der Waals surface area contributed by atoms with Crippen molar-refractivity contribution < 1.29 is 9.59 Å². The van der Waals surface area contributed by atoms with Gasteiger partial charge >= 0.3 is 11.8 Å². The highest BCUT2D eigenvalue weighted by Crippen LogP contribution is 2.23. The maximum Gasteiger partial charge on any atom is 0.309 e. The molecule has 7 nitrogen and oxygen atoms in total. The number of aromatic nitrogens is 1. The number of nitrogens with zero attached hydrogens (tertiary/aromatic N) is 3. The van der Waals surface area contributed by atoms with Crippen molar-refractivity contribution in [2.24, 2.45) is 0 Å². The van der Waals surface area contributed by atoms with Crippen LogP contribution in [0.3, 0.4) is 0 Å². The Morgan fingerprint density at radius 3 is 2.20 bits per heavy atom. The maximum atomic E-state index is 12.5. The van der Waals surface area contributed by atoms with Gasteiger partial charge in [0.2, 0.25) is 0 Å². The summed E-state index contributed by atoms with van der Waals surface area (Å²) in [5.74, 6) is -1.18. The molecule has 1 aliphatic heterocycles. The molecule has 1 aliphatic rings. The van der Waals surface area contributed by atoms with E-state index in [1.807, 2.05) is 42.6 Å². The molecule has 1 unspecified atom stereocenters. The quantitative estimate of drug-likeness (QED) is 0.371. The van der Waals surface area contributed by atoms with Crippen LogP contribution in [0.5, 0.6) is 0 Å². The molecule has 2 heterocycles. The molecule has 182 valence electrons. The van der Waals surface area contributed by atoms with Gasteiger partial charge in [-0.3, -0.25) is 19.5 Å². The molecule has 1 saturated heterocycles. The van der Waals surface area contributed by atoms with E-state index in [0.29, 0.717) is 13.1 Å². The van der Waals surface area contributed by atoms with Crippen molar-refractivity contribution >= 4 is 17.5 Å². The Morgan fingerprint density at radius 1 is 0.829 bits per heavy atom. The van der Waals surface area contributed by atoms with E-state index in [9.17, 15) is 9.59 Å². The Hall–Kier alpha value is -3.71. The van der Waals surface area contributed by atoms with Crippen LogP contribution in [-0.2, 0) is 16.0 Å². The largest absolute Gasteiger partial charge is 0.369 e. The lowest BCUT2D eigenvalue weighted by Gasteiger charge is -2.40. The Morgan fingerprint density at radius 2 is 1.51 bits per heavy atom. The zero-order valence-electron chi connectivity index (χ0n) is 20.0. The van der Waals surface area contributed by atoms with Crippen LogP contribution in [0.4, 0.5) is 5.69 Å². The van der Waals surface area contributed by atoms with E-state index in [0.717, 1.165) is 44.6 Å². The number of nitrogens with one attached hydrogen (secondary N) is 2. The zero-order valence-corrected chi connectivity index (χ0v) is 20.0. The minimum Gasteiger partial charge on any atom is -0.369 e. The highest BCUT2D eigenvalue weighted by Gasteiger charge is 2.26. The van der Waals surface area contributed by atoms with E-state index in [2.05, 4.69) is 61.8 Å². The summed E-state index contributed by atoms with van der Waals surface area (Å²) in [4.78, 5) is 33.8. The predicted molar refractivity (Wildman–Crippen MR) is 138 cm³/mol. The molecular formula is C28H33N5O2. The van der Waals surface area contributed by atoms with E-state index < -0.39 is 11.8 Å². The van der Waals surface area contributed by atoms with Gasteiger partial charge in [0.05, 0.1) is 6.04 Å². The minimum atomic E-state index is -0.596. The summed E-state index contributed by atoms with van der Waals surface area (Å²) in [6.07, 6.45) is 5.23. The first-order valence-electron chi connectivity index (χ1n) is 12.2. The topological polar surface area (TPSA) is 77.6 Å². The van der Waals surface area contributed by atoms with Gasteiger partial charge in [0.15, 0.2) is 0 Å². The van der Waals surface area contributed by atoms with Gasteiger partial charge < -0.3 is 15.5 Å². The highest BCUT2D eigenvalue weighted by atomic mass is 16.2. The molecule has 3 aromatic rings. The molecule has 2 N–H and O–H groups in total. The predicted octanol–water partition coefficient (Wildman–Crippen LogP) is 2.81. The summed E-state index contributed by atoms with van der Waals surface area (Å²) in [6, 6.07) is 24.4. The lowest BCUT2D eigenvalue weighted by atomic mass is 10.1. The average Bonchev–Trinajstić information content (AvgIpc) is 2.93. The number of amides is 2. The SMILES string of the molecule is O=C(NCCCc1ccccc1)C(=O)NCC(c1cccnc1)N1CCN(c2ccccc2)CC1. The smallest absolute Gasteiger partial charge is 0.309 e. The van der Waals surface area contributed by atoms with Crippen LogP contribution >= 0.6 is 0 Å². The number of piperazine rings is 1. The van der Waals surface area contributed by atoms with E-state index in [4.69, 9.17) is 0 Å². The molecule has 4 rings (SSSR count). The third-order valence-electron chi connectivity index (χ3n) is 6.38. The number of hydrogen-bond donors (Lipinski definition) is 2. The molecule has 2 aromatic carbocycles. The van der Waals surface area contributed by atoms with E-state index in [-0.39, 0.29) is 6.04 Å². The van der Waals surface area contributed by atoms with Gasteiger partial charge in [0, 0.05) is 57.3 Å². The van der Waals surface area contributed by atoms with E-state index >= 15 is 0 Å². The van der Waals surface area contributed by atoms with Crippen molar-refractivity contribution in [3.63, 3.8) is 0 Å². The monoisotopic (exact) mass is 471 g/mol. The summed E-state index contributed by atoms with van der Waals surface area (Å²) >= 11 is 0. The number of pyridine rings is 1. The van der Waals surface area contributed by atoms with Crippen LogP contribution in [0, 0.1) is 0 Å². The van der Waals surface area contributed by atoms with Crippen molar-refractivity contribution in [2.75, 3.05) is 44.2 Å². The number of benzene rings is 2. The Balaban J connectivity index is 1.27. The molecule has 35 heavy (non-hydrogen) atoms. The average molecular weight is 472 g/mol. The van der Waals surface area contributed by atoms with Gasteiger partial charge in [-0.1, -0.05) is 54.6 Å². The number of rotatable bonds is 9. The highest BCUT2D eigenvalue weighted by molar-refractivity contribution is 6.35. The second-order valence-electron chi connectivity index (χ2n) is 8.72. The van der Waals surface area contributed by atoms with Crippen molar-refractivity contribution in [1.29, 1.82) is 0 Å². The molecule has 0 radical (unpaired) electrons. The van der Waals surface area contributed by atoms with Crippen LogP contribution in [0.25, 0.3) is 0 Å². The number of hydrogen-bond acceptors (Lipinski definition) is 5. The molecule has 1 aromatic heterocycles. The first-order valence-corrected chi connectivity index (χ1v) is 12.2.